The SMILES string of the molecule is COc1ccc(CCc2ccccc2OC[C@H](O)CN2CCSCC2)cc1. The fourth-order valence-electron chi connectivity index (χ4n) is 3.24. The summed E-state index contributed by atoms with van der Waals surface area (Å²) in [4.78, 5) is 2.32. The lowest BCUT2D eigenvalue weighted by Crippen LogP contribution is -2.40. The molecule has 3 rings (SSSR count). The number of para-hydroxylation sites is 1. The molecule has 1 aliphatic rings. The number of nitrogens with zero attached hydrogens (tertiary/aromatic N) is 1. The third kappa shape index (κ3) is 6.45. The summed E-state index contributed by atoms with van der Waals surface area (Å²) in [6.07, 6.45) is 1.39. The van der Waals surface area contributed by atoms with Gasteiger partial charge in [-0.2, -0.15) is 11.8 Å². The number of rotatable bonds is 9. The summed E-state index contributed by atoms with van der Waals surface area (Å²) in [5.74, 6) is 4.06. The van der Waals surface area contributed by atoms with E-state index in [1.165, 1.54) is 11.1 Å². The summed E-state index contributed by atoms with van der Waals surface area (Å²) in [5, 5.41) is 10.3. The van der Waals surface area contributed by atoms with Crippen LogP contribution >= 0.6 is 11.8 Å². The van der Waals surface area contributed by atoms with E-state index in [1.54, 1.807) is 7.11 Å². The van der Waals surface area contributed by atoms with Crippen molar-refractivity contribution in [2.75, 3.05) is 44.9 Å². The van der Waals surface area contributed by atoms with Crippen LogP contribution in [0.5, 0.6) is 11.5 Å². The van der Waals surface area contributed by atoms with E-state index in [4.69, 9.17) is 9.47 Å². The van der Waals surface area contributed by atoms with Gasteiger partial charge in [-0.3, -0.25) is 4.90 Å². The Hall–Kier alpha value is -1.69. The first-order valence-electron chi connectivity index (χ1n) is 9.56. The molecule has 1 heterocycles. The molecule has 2 aromatic carbocycles. The zero-order valence-electron chi connectivity index (χ0n) is 16.0. The zero-order chi connectivity index (χ0) is 18.9. The Morgan fingerprint density at radius 3 is 2.52 bits per heavy atom. The second-order valence-electron chi connectivity index (χ2n) is 6.83. The van der Waals surface area contributed by atoms with Crippen molar-refractivity contribution in [1.82, 2.24) is 4.90 Å². The van der Waals surface area contributed by atoms with Gasteiger partial charge in [-0.15, -0.1) is 0 Å². The molecule has 2 aromatic rings. The average molecular weight is 388 g/mol. The maximum Gasteiger partial charge on any atom is 0.122 e. The molecule has 27 heavy (non-hydrogen) atoms. The van der Waals surface area contributed by atoms with Crippen LogP contribution in [0.3, 0.4) is 0 Å². The number of thioether (sulfide) groups is 1. The van der Waals surface area contributed by atoms with E-state index in [1.807, 2.05) is 42.1 Å². The van der Waals surface area contributed by atoms with Crippen LogP contribution < -0.4 is 9.47 Å². The van der Waals surface area contributed by atoms with Crippen LogP contribution in [-0.2, 0) is 12.8 Å². The largest absolute Gasteiger partial charge is 0.497 e. The molecule has 146 valence electrons. The van der Waals surface area contributed by atoms with Crippen molar-refractivity contribution in [3.63, 3.8) is 0 Å². The zero-order valence-corrected chi connectivity index (χ0v) is 16.8. The first kappa shape index (κ1) is 20.1. The Morgan fingerprint density at radius 2 is 1.78 bits per heavy atom. The summed E-state index contributed by atoms with van der Waals surface area (Å²) in [7, 11) is 1.68. The molecule has 4 nitrogen and oxygen atoms in total. The van der Waals surface area contributed by atoms with Gasteiger partial charge in [-0.1, -0.05) is 30.3 Å². The van der Waals surface area contributed by atoms with Crippen LogP contribution in [0.2, 0.25) is 0 Å². The first-order valence-corrected chi connectivity index (χ1v) is 10.7. The van der Waals surface area contributed by atoms with E-state index < -0.39 is 6.10 Å². The van der Waals surface area contributed by atoms with Gasteiger partial charge in [0.05, 0.1) is 7.11 Å². The second kappa shape index (κ2) is 10.6. The molecule has 0 aliphatic carbocycles. The van der Waals surface area contributed by atoms with Gasteiger partial charge in [0.25, 0.3) is 0 Å². The molecule has 0 aromatic heterocycles. The van der Waals surface area contributed by atoms with E-state index in [9.17, 15) is 5.11 Å². The van der Waals surface area contributed by atoms with Crippen molar-refractivity contribution < 1.29 is 14.6 Å². The number of aryl methyl sites for hydroxylation is 2. The quantitative estimate of drug-likeness (QED) is 0.715. The molecule has 0 bridgehead atoms. The summed E-state index contributed by atoms with van der Waals surface area (Å²) >= 11 is 1.98. The molecule has 1 aliphatic heterocycles. The van der Waals surface area contributed by atoms with Crippen LogP contribution in [0.25, 0.3) is 0 Å². The third-order valence-electron chi connectivity index (χ3n) is 4.82. The van der Waals surface area contributed by atoms with Crippen LogP contribution in [0, 0.1) is 0 Å². The summed E-state index contributed by atoms with van der Waals surface area (Å²) < 4.78 is 11.2. The fraction of sp³-hybridized carbons (Fsp3) is 0.455. The molecule has 5 heteroatoms. The Kier molecular flexibility index (Phi) is 7.87. The molecular formula is C22H29NO3S. The molecule has 1 fully saturated rings. The Balaban J connectivity index is 1.50. The van der Waals surface area contributed by atoms with Crippen molar-refractivity contribution in [3.8, 4) is 11.5 Å². The van der Waals surface area contributed by atoms with Gasteiger partial charge in [0, 0.05) is 31.1 Å². The van der Waals surface area contributed by atoms with E-state index in [-0.39, 0.29) is 0 Å². The lowest BCUT2D eigenvalue weighted by Gasteiger charge is -2.28. The normalized spacial score (nSPS) is 16.1. The average Bonchev–Trinajstić information content (AvgIpc) is 2.72. The highest BCUT2D eigenvalue weighted by Crippen LogP contribution is 2.21. The molecule has 1 atom stereocenters. The minimum absolute atomic E-state index is 0.337. The Morgan fingerprint density at radius 1 is 1.04 bits per heavy atom. The molecule has 0 radical (unpaired) electrons. The lowest BCUT2D eigenvalue weighted by molar-refractivity contribution is 0.0712. The number of benzene rings is 2. The number of methoxy groups -OCH3 is 1. The van der Waals surface area contributed by atoms with Crippen molar-refractivity contribution in [3.05, 3.63) is 59.7 Å². The molecule has 0 spiro atoms. The number of aliphatic hydroxyl groups excluding tert-OH is 1. The lowest BCUT2D eigenvalue weighted by atomic mass is 10.0. The molecule has 1 saturated heterocycles. The predicted molar refractivity (Wildman–Crippen MR) is 112 cm³/mol. The highest BCUT2D eigenvalue weighted by Gasteiger charge is 2.15. The Labute approximate surface area is 166 Å². The van der Waals surface area contributed by atoms with Gasteiger partial charge >= 0.3 is 0 Å². The van der Waals surface area contributed by atoms with Crippen LogP contribution in [0.15, 0.2) is 48.5 Å². The number of β-amino-alcohol motifs (C(OH)–C–C–N with tert-alkyl or cyclic N) is 1. The van der Waals surface area contributed by atoms with Crippen molar-refractivity contribution in [2.45, 2.75) is 18.9 Å². The molecule has 0 amide bonds. The van der Waals surface area contributed by atoms with Crippen LogP contribution in [-0.4, -0.2) is 61.0 Å². The highest BCUT2D eigenvalue weighted by molar-refractivity contribution is 7.99. The predicted octanol–water partition coefficient (Wildman–Crippen LogP) is 3.27. The number of aliphatic hydroxyl groups is 1. The molecule has 0 saturated carbocycles. The number of hydrogen-bond acceptors (Lipinski definition) is 5. The second-order valence-corrected chi connectivity index (χ2v) is 8.06. The molecule has 1 N–H and O–H groups in total. The van der Waals surface area contributed by atoms with Crippen molar-refractivity contribution >= 4 is 11.8 Å². The molecular weight excluding hydrogens is 358 g/mol. The van der Waals surface area contributed by atoms with Crippen molar-refractivity contribution in [1.29, 1.82) is 0 Å². The van der Waals surface area contributed by atoms with Crippen LogP contribution in [0.4, 0.5) is 0 Å². The van der Waals surface area contributed by atoms with E-state index in [0.717, 1.165) is 48.9 Å². The highest BCUT2D eigenvalue weighted by atomic mass is 32.2. The third-order valence-corrected chi connectivity index (χ3v) is 5.76. The number of hydrogen-bond donors (Lipinski definition) is 1. The summed E-state index contributed by atoms with van der Waals surface area (Å²) in [6, 6.07) is 16.3. The van der Waals surface area contributed by atoms with E-state index >= 15 is 0 Å². The molecule has 0 unspecified atom stereocenters. The minimum atomic E-state index is -0.456. The maximum absolute atomic E-state index is 10.3. The minimum Gasteiger partial charge on any atom is -0.497 e. The first-order chi connectivity index (χ1) is 13.2. The van der Waals surface area contributed by atoms with Gasteiger partial charge in [-0.25, -0.2) is 0 Å². The monoisotopic (exact) mass is 387 g/mol. The van der Waals surface area contributed by atoms with Gasteiger partial charge in [0.1, 0.15) is 24.2 Å². The van der Waals surface area contributed by atoms with Gasteiger partial charge in [-0.05, 0) is 42.2 Å². The fourth-order valence-corrected chi connectivity index (χ4v) is 4.22. The van der Waals surface area contributed by atoms with Crippen LogP contribution in [0.1, 0.15) is 11.1 Å². The Bertz CT molecular complexity index is 686. The van der Waals surface area contributed by atoms with Gasteiger partial charge in [0.2, 0.25) is 0 Å². The maximum atomic E-state index is 10.3. The topological polar surface area (TPSA) is 41.9 Å². The summed E-state index contributed by atoms with van der Waals surface area (Å²) in [5.41, 5.74) is 2.45. The van der Waals surface area contributed by atoms with E-state index in [0.29, 0.717) is 13.2 Å². The summed E-state index contributed by atoms with van der Waals surface area (Å²) in [6.45, 7) is 3.14. The van der Waals surface area contributed by atoms with Gasteiger partial charge < -0.3 is 14.6 Å². The number of ether oxygens (including phenoxy) is 2. The van der Waals surface area contributed by atoms with Gasteiger partial charge in [0.15, 0.2) is 0 Å². The van der Waals surface area contributed by atoms with E-state index in [2.05, 4.69) is 23.1 Å². The smallest absolute Gasteiger partial charge is 0.122 e. The van der Waals surface area contributed by atoms with Crippen molar-refractivity contribution in [2.24, 2.45) is 0 Å². The standard InChI is InChI=1S/C22H29NO3S/c1-25-21-10-7-18(8-11-21)6-9-19-4-2-3-5-22(19)26-17-20(24)16-23-12-14-27-15-13-23/h2-5,7-8,10-11,20,24H,6,9,12-17H2,1H3/t20-/m1/s1.